The number of anilines is 1. The Morgan fingerprint density at radius 3 is 2.74 bits per heavy atom. The summed E-state index contributed by atoms with van der Waals surface area (Å²) in [6.45, 7) is 1.98. The monoisotopic (exact) mass is 548 g/mol. The molecule has 0 bridgehead atoms. The quantitative estimate of drug-likeness (QED) is 0.159. The molecule has 0 fully saturated rings. The number of H-pyrrole nitrogens is 1. The molecule has 4 rings (SSSR count). The van der Waals surface area contributed by atoms with Crippen LogP contribution in [0.25, 0.3) is 0 Å². The van der Waals surface area contributed by atoms with Crippen LogP contribution in [0.2, 0.25) is 0 Å². The number of rotatable bonds is 8. The first kappa shape index (κ1) is 24.4. The van der Waals surface area contributed by atoms with Crippen molar-refractivity contribution in [2.75, 3.05) is 5.32 Å². The van der Waals surface area contributed by atoms with Crippen molar-refractivity contribution in [3.05, 3.63) is 105 Å². The Labute approximate surface area is 214 Å². The first-order chi connectivity index (χ1) is 17.0. The summed E-state index contributed by atoms with van der Waals surface area (Å²) in [4.78, 5) is 29.9. The van der Waals surface area contributed by atoms with Gasteiger partial charge >= 0.3 is 0 Å². The molecule has 1 heterocycles. The molecule has 0 atom stereocenters. The molecule has 3 aromatic carbocycles. The number of aromatic nitrogens is 3. The highest BCUT2D eigenvalue weighted by atomic mass is 79.9. The van der Waals surface area contributed by atoms with Crippen molar-refractivity contribution >= 4 is 51.4 Å². The molecule has 0 saturated heterocycles. The van der Waals surface area contributed by atoms with Crippen molar-refractivity contribution < 1.29 is 9.59 Å². The van der Waals surface area contributed by atoms with Crippen molar-refractivity contribution in [1.29, 1.82) is 0 Å². The third kappa shape index (κ3) is 6.87. The van der Waals surface area contributed by atoms with Gasteiger partial charge in [0.1, 0.15) is 6.33 Å². The minimum atomic E-state index is -0.442. The van der Waals surface area contributed by atoms with Gasteiger partial charge in [0.05, 0.1) is 17.5 Å². The Balaban J connectivity index is 1.45. The van der Waals surface area contributed by atoms with Gasteiger partial charge in [-0.2, -0.15) is 5.10 Å². The summed E-state index contributed by atoms with van der Waals surface area (Å²) in [5.74, 6) is -0.152. The van der Waals surface area contributed by atoms with Crippen LogP contribution in [0.5, 0.6) is 0 Å². The van der Waals surface area contributed by atoms with Crippen molar-refractivity contribution in [1.82, 2.24) is 20.6 Å². The number of hydrazone groups is 1. The zero-order chi connectivity index (χ0) is 24.6. The van der Waals surface area contributed by atoms with Gasteiger partial charge in [0.2, 0.25) is 5.16 Å². The van der Waals surface area contributed by atoms with Gasteiger partial charge in [0, 0.05) is 15.8 Å². The first-order valence-electron chi connectivity index (χ1n) is 10.6. The molecule has 3 N–H and O–H groups in total. The fourth-order valence-corrected chi connectivity index (χ4v) is 4.28. The molecule has 10 heteroatoms. The number of amides is 2. The number of thioether (sulfide) groups is 1. The number of hydrogen-bond donors (Lipinski definition) is 3. The van der Waals surface area contributed by atoms with Gasteiger partial charge in [-0.25, -0.2) is 10.4 Å². The van der Waals surface area contributed by atoms with Crippen LogP contribution in [0.3, 0.4) is 0 Å². The fourth-order valence-electron chi connectivity index (χ4n) is 3.20. The minimum absolute atomic E-state index is 0.283. The van der Waals surface area contributed by atoms with E-state index in [-0.39, 0.29) is 11.5 Å². The number of halogens is 1. The summed E-state index contributed by atoms with van der Waals surface area (Å²) >= 11 is 4.85. The molecule has 8 nitrogen and oxygen atoms in total. The van der Waals surface area contributed by atoms with Crippen LogP contribution in [0, 0.1) is 6.92 Å². The molecule has 2 amide bonds. The van der Waals surface area contributed by atoms with E-state index in [4.69, 9.17) is 0 Å². The molecule has 176 valence electrons. The van der Waals surface area contributed by atoms with Crippen molar-refractivity contribution in [3.63, 3.8) is 0 Å². The van der Waals surface area contributed by atoms with Gasteiger partial charge in [-0.3, -0.25) is 14.7 Å². The molecular formula is C25H21BrN6O2S. The van der Waals surface area contributed by atoms with E-state index in [1.807, 2.05) is 43.3 Å². The summed E-state index contributed by atoms with van der Waals surface area (Å²) in [7, 11) is 0. The maximum absolute atomic E-state index is 13.0. The Morgan fingerprint density at radius 1 is 1.09 bits per heavy atom. The molecule has 4 aromatic rings. The number of carbonyl (C=O) groups excluding carboxylic acids is 2. The van der Waals surface area contributed by atoms with Gasteiger partial charge in [-0.05, 0) is 48.4 Å². The molecule has 1 aromatic heterocycles. The highest BCUT2D eigenvalue weighted by Gasteiger charge is 2.15. The van der Waals surface area contributed by atoms with Gasteiger partial charge in [-0.1, -0.05) is 69.7 Å². The lowest BCUT2D eigenvalue weighted by molar-refractivity contribution is 0.0956. The lowest BCUT2D eigenvalue weighted by Gasteiger charge is -2.11. The number of hydrogen-bond acceptors (Lipinski definition) is 6. The summed E-state index contributed by atoms with van der Waals surface area (Å²) in [5, 5.41) is 14.2. The SMILES string of the molecule is Cc1cccc(/C=N/NC(=O)c2cc(Br)ccc2NC(=O)c2cccc(CSc3nc[nH]n3)c2)c1. The van der Waals surface area contributed by atoms with Gasteiger partial charge < -0.3 is 5.32 Å². The number of nitrogens with zero attached hydrogens (tertiary/aromatic N) is 3. The summed E-state index contributed by atoms with van der Waals surface area (Å²) in [6.07, 6.45) is 3.09. The smallest absolute Gasteiger partial charge is 0.273 e. The van der Waals surface area contributed by atoms with E-state index in [0.717, 1.165) is 16.7 Å². The van der Waals surface area contributed by atoms with E-state index in [2.05, 4.69) is 47.0 Å². The minimum Gasteiger partial charge on any atom is -0.321 e. The summed E-state index contributed by atoms with van der Waals surface area (Å²) < 4.78 is 0.703. The second-order valence-electron chi connectivity index (χ2n) is 7.53. The maximum Gasteiger partial charge on any atom is 0.273 e. The second-order valence-corrected chi connectivity index (χ2v) is 9.39. The molecule has 35 heavy (non-hydrogen) atoms. The van der Waals surface area contributed by atoms with Crippen molar-refractivity contribution in [2.24, 2.45) is 5.10 Å². The highest BCUT2D eigenvalue weighted by Crippen LogP contribution is 2.23. The predicted molar refractivity (Wildman–Crippen MR) is 141 cm³/mol. The van der Waals surface area contributed by atoms with Crippen LogP contribution in [0.15, 0.2) is 87.8 Å². The number of carbonyl (C=O) groups is 2. The van der Waals surface area contributed by atoms with E-state index in [0.29, 0.717) is 26.6 Å². The van der Waals surface area contributed by atoms with Crippen molar-refractivity contribution in [2.45, 2.75) is 17.8 Å². The Bertz CT molecular complexity index is 1370. The largest absolute Gasteiger partial charge is 0.321 e. The molecular weight excluding hydrogens is 528 g/mol. The lowest BCUT2D eigenvalue weighted by atomic mass is 10.1. The molecule has 0 saturated carbocycles. The molecule has 0 radical (unpaired) electrons. The third-order valence-corrected chi connectivity index (χ3v) is 6.27. The zero-order valence-electron chi connectivity index (χ0n) is 18.7. The van der Waals surface area contributed by atoms with Crippen LogP contribution in [0.1, 0.15) is 37.4 Å². The average Bonchev–Trinajstić information content (AvgIpc) is 3.38. The van der Waals surface area contributed by atoms with Crippen LogP contribution in [-0.2, 0) is 5.75 Å². The summed E-state index contributed by atoms with van der Waals surface area (Å²) in [6, 6.07) is 20.1. The molecule has 0 unspecified atom stereocenters. The van der Waals surface area contributed by atoms with Crippen LogP contribution >= 0.6 is 27.7 Å². The third-order valence-electron chi connectivity index (χ3n) is 4.85. The van der Waals surface area contributed by atoms with Crippen LogP contribution in [-0.4, -0.2) is 33.2 Å². The lowest BCUT2D eigenvalue weighted by Crippen LogP contribution is -2.21. The number of nitrogens with one attached hydrogen (secondary N) is 3. The Hall–Kier alpha value is -3.76. The van der Waals surface area contributed by atoms with Crippen molar-refractivity contribution in [3.8, 4) is 0 Å². The fraction of sp³-hybridized carbons (Fsp3) is 0.0800. The van der Waals surface area contributed by atoms with Gasteiger partial charge in [-0.15, -0.1) is 5.10 Å². The van der Waals surface area contributed by atoms with Gasteiger partial charge in [0.15, 0.2) is 0 Å². The van der Waals surface area contributed by atoms with E-state index in [1.54, 1.807) is 36.5 Å². The number of benzene rings is 3. The average molecular weight is 549 g/mol. The maximum atomic E-state index is 13.0. The van der Waals surface area contributed by atoms with E-state index >= 15 is 0 Å². The standard InChI is InChI=1S/C25H21BrN6O2S/c1-16-4-2-5-17(10-16)13-28-31-24(34)21-12-20(26)8-9-22(21)30-23(33)19-7-3-6-18(11-19)14-35-25-27-15-29-32-25/h2-13,15H,14H2,1H3,(H,30,33)(H,31,34)(H,27,29,32)/b28-13+. The molecule has 0 aliphatic carbocycles. The first-order valence-corrected chi connectivity index (χ1v) is 12.3. The Morgan fingerprint density at radius 2 is 1.94 bits per heavy atom. The topological polar surface area (TPSA) is 112 Å². The van der Waals surface area contributed by atoms with E-state index in [1.165, 1.54) is 18.1 Å². The van der Waals surface area contributed by atoms with Crippen LogP contribution < -0.4 is 10.7 Å². The highest BCUT2D eigenvalue weighted by molar-refractivity contribution is 9.10. The molecule has 0 aliphatic heterocycles. The van der Waals surface area contributed by atoms with Gasteiger partial charge in [0.25, 0.3) is 11.8 Å². The van der Waals surface area contributed by atoms with E-state index in [9.17, 15) is 9.59 Å². The zero-order valence-corrected chi connectivity index (χ0v) is 21.1. The molecule has 0 aliphatic rings. The van der Waals surface area contributed by atoms with E-state index < -0.39 is 5.91 Å². The second kappa shape index (κ2) is 11.6. The Kier molecular flexibility index (Phi) is 8.07. The number of aryl methyl sites for hydroxylation is 1. The normalized spacial score (nSPS) is 10.9. The summed E-state index contributed by atoms with van der Waals surface area (Å²) in [5.41, 5.74) is 6.58. The number of aromatic amines is 1. The van der Waals surface area contributed by atoms with Crippen LogP contribution in [0.4, 0.5) is 5.69 Å². The molecule has 0 spiro atoms. The predicted octanol–water partition coefficient (Wildman–Crippen LogP) is 5.18.